The zero-order valence-corrected chi connectivity index (χ0v) is 15.1. The van der Waals surface area contributed by atoms with Crippen LogP contribution in [-0.2, 0) is 6.42 Å². The van der Waals surface area contributed by atoms with E-state index in [2.05, 4.69) is 6.58 Å². The smallest absolute Gasteiger partial charge is 0.111 e. The molecule has 1 heterocycles. The summed E-state index contributed by atoms with van der Waals surface area (Å²) in [4.78, 5) is 0. The van der Waals surface area contributed by atoms with E-state index in [0.29, 0.717) is 24.8 Å². The van der Waals surface area contributed by atoms with Gasteiger partial charge < -0.3 is 24.8 Å². The summed E-state index contributed by atoms with van der Waals surface area (Å²) >= 11 is 0. The number of aliphatic hydroxyl groups excluding tert-OH is 3. The number of hydrogen-bond acceptors (Lipinski definition) is 5. The van der Waals surface area contributed by atoms with Crippen molar-refractivity contribution in [2.24, 2.45) is 22.7 Å². The molecule has 1 aromatic rings. The highest BCUT2D eigenvalue weighted by atomic mass is 16.4. The highest BCUT2D eigenvalue weighted by molar-refractivity contribution is 5.70. The van der Waals surface area contributed by atoms with E-state index in [9.17, 15) is 20.4 Å². The second kappa shape index (κ2) is 4.97. The van der Waals surface area contributed by atoms with Crippen molar-refractivity contribution >= 4 is 5.57 Å². The molecule has 3 aliphatic carbocycles. The second-order valence-corrected chi connectivity index (χ2v) is 9.04. The summed E-state index contributed by atoms with van der Waals surface area (Å²) in [5, 5.41) is 44.7. The minimum absolute atomic E-state index is 0.267. The van der Waals surface area contributed by atoms with Gasteiger partial charge in [0.1, 0.15) is 17.5 Å². The van der Waals surface area contributed by atoms with Gasteiger partial charge in [0, 0.05) is 23.3 Å². The lowest BCUT2D eigenvalue weighted by Gasteiger charge is -2.69. The highest BCUT2D eigenvalue weighted by Crippen LogP contribution is 2.66. The van der Waals surface area contributed by atoms with Crippen molar-refractivity contribution in [2.75, 3.05) is 0 Å². The van der Waals surface area contributed by atoms with Crippen LogP contribution < -0.4 is 0 Å². The molecule has 3 aliphatic rings. The van der Waals surface area contributed by atoms with Gasteiger partial charge in [0.05, 0.1) is 18.5 Å². The van der Waals surface area contributed by atoms with Gasteiger partial charge in [-0.25, -0.2) is 0 Å². The number of fused-ring (bicyclic) bond motifs is 4. The van der Waals surface area contributed by atoms with Gasteiger partial charge in [-0.15, -0.1) is 0 Å². The average Bonchev–Trinajstić information content (AvgIpc) is 3.03. The molecule has 25 heavy (non-hydrogen) atoms. The summed E-state index contributed by atoms with van der Waals surface area (Å²) in [7, 11) is 0. The van der Waals surface area contributed by atoms with E-state index >= 15 is 0 Å². The lowest BCUT2D eigenvalue weighted by Crippen LogP contribution is -2.78. The van der Waals surface area contributed by atoms with E-state index in [1.807, 2.05) is 26.8 Å². The topological polar surface area (TPSA) is 94.1 Å². The van der Waals surface area contributed by atoms with Gasteiger partial charge in [-0.1, -0.05) is 27.4 Å². The molecule has 0 spiro atoms. The molecule has 0 radical (unpaired) electrons. The molecule has 0 aromatic carbocycles. The predicted molar refractivity (Wildman–Crippen MR) is 92.5 cm³/mol. The van der Waals surface area contributed by atoms with Crippen LogP contribution in [0.5, 0.6) is 0 Å². The second-order valence-electron chi connectivity index (χ2n) is 9.04. The largest absolute Gasteiger partial charge is 0.469 e. The average molecular weight is 348 g/mol. The zero-order valence-electron chi connectivity index (χ0n) is 15.1. The van der Waals surface area contributed by atoms with E-state index in [1.54, 1.807) is 6.26 Å². The molecule has 4 N–H and O–H groups in total. The molecule has 4 rings (SSSR count). The fourth-order valence-electron chi connectivity index (χ4n) is 6.23. The van der Waals surface area contributed by atoms with Crippen molar-refractivity contribution in [1.82, 2.24) is 0 Å². The van der Waals surface area contributed by atoms with Crippen LogP contribution in [0.25, 0.3) is 5.57 Å². The molecule has 7 atom stereocenters. The number of hydrogen-bond donors (Lipinski definition) is 4. The SMILES string of the molecule is C=C1c2ccoc2C[C@H]2[C@H]1[C@@H](O)[C@H](O)[C@@]1(O)C(C)(C)CC[C@H](O)[C@]21C. The lowest BCUT2D eigenvalue weighted by atomic mass is 9.39. The summed E-state index contributed by atoms with van der Waals surface area (Å²) < 4.78 is 5.61. The molecule has 0 aliphatic heterocycles. The van der Waals surface area contributed by atoms with E-state index in [0.717, 1.165) is 11.3 Å². The first-order chi connectivity index (χ1) is 11.6. The van der Waals surface area contributed by atoms with E-state index in [1.165, 1.54) is 0 Å². The Morgan fingerprint density at radius 1 is 1.20 bits per heavy atom. The Balaban J connectivity index is 1.94. The third kappa shape index (κ3) is 1.78. The molecular weight excluding hydrogens is 320 g/mol. The van der Waals surface area contributed by atoms with Crippen LogP contribution in [0.15, 0.2) is 23.3 Å². The van der Waals surface area contributed by atoms with Crippen LogP contribution in [0.1, 0.15) is 44.9 Å². The van der Waals surface area contributed by atoms with E-state index in [-0.39, 0.29) is 5.92 Å². The molecule has 1 aromatic heterocycles. The summed E-state index contributed by atoms with van der Waals surface area (Å²) in [5.41, 5.74) is -1.65. The molecule has 5 nitrogen and oxygen atoms in total. The molecule has 2 saturated carbocycles. The Kier molecular flexibility index (Phi) is 3.44. The van der Waals surface area contributed by atoms with E-state index in [4.69, 9.17) is 4.42 Å². The Morgan fingerprint density at radius 3 is 2.56 bits per heavy atom. The van der Waals surface area contributed by atoms with Crippen molar-refractivity contribution in [1.29, 1.82) is 0 Å². The standard InChI is InChI=1S/C20H28O5/c1-10-11-6-8-25-13(11)9-12-15(10)16(22)17(23)20(24)18(2,3)7-5-14(21)19(12,20)4/h6,8,12,14-17,21-24H,1,5,7,9H2,2-4H3/t12-,14-,15-,16+,17-,19-,20+/m0/s1. The van der Waals surface area contributed by atoms with Crippen LogP contribution in [-0.4, -0.2) is 44.3 Å². The quantitative estimate of drug-likeness (QED) is 0.573. The first kappa shape index (κ1) is 17.3. The highest BCUT2D eigenvalue weighted by Gasteiger charge is 2.73. The fourth-order valence-corrected chi connectivity index (χ4v) is 6.23. The number of furan rings is 1. The van der Waals surface area contributed by atoms with Gasteiger partial charge in [-0.2, -0.15) is 0 Å². The first-order valence-electron chi connectivity index (χ1n) is 9.09. The van der Waals surface area contributed by atoms with Gasteiger partial charge in [-0.05, 0) is 35.8 Å². The Bertz CT molecular complexity index is 721. The minimum Gasteiger partial charge on any atom is -0.469 e. The van der Waals surface area contributed by atoms with Crippen LogP contribution in [0.2, 0.25) is 0 Å². The lowest BCUT2D eigenvalue weighted by molar-refractivity contribution is -0.328. The molecule has 0 saturated heterocycles. The Labute approximate surface area is 148 Å². The fraction of sp³-hybridized carbons (Fsp3) is 0.700. The van der Waals surface area contributed by atoms with Crippen LogP contribution >= 0.6 is 0 Å². The van der Waals surface area contributed by atoms with Gasteiger partial charge >= 0.3 is 0 Å². The number of rotatable bonds is 0. The van der Waals surface area contributed by atoms with Gasteiger partial charge in [0.25, 0.3) is 0 Å². The molecule has 5 heteroatoms. The summed E-state index contributed by atoms with van der Waals surface area (Å²) in [5.74, 6) is 0.0829. The summed E-state index contributed by atoms with van der Waals surface area (Å²) in [6, 6.07) is 1.83. The third-order valence-electron chi connectivity index (χ3n) is 7.81. The van der Waals surface area contributed by atoms with Crippen LogP contribution in [0.3, 0.4) is 0 Å². The summed E-state index contributed by atoms with van der Waals surface area (Å²) in [6.07, 6.45) is -0.0291. The molecule has 2 fully saturated rings. The van der Waals surface area contributed by atoms with Crippen molar-refractivity contribution < 1.29 is 24.8 Å². The molecule has 0 unspecified atom stereocenters. The Morgan fingerprint density at radius 2 is 1.88 bits per heavy atom. The van der Waals surface area contributed by atoms with Crippen molar-refractivity contribution in [3.05, 3.63) is 30.2 Å². The minimum atomic E-state index is -1.61. The zero-order chi connectivity index (χ0) is 18.4. The van der Waals surface area contributed by atoms with Gasteiger partial charge in [0.2, 0.25) is 0 Å². The normalized spacial score (nSPS) is 48.4. The summed E-state index contributed by atoms with van der Waals surface area (Å²) in [6.45, 7) is 9.82. The van der Waals surface area contributed by atoms with Crippen molar-refractivity contribution in [3.8, 4) is 0 Å². The number of aliphatic hydroxyl groups is 4. The first-order valence-corrected chi connectivity index (χ1v) is 9.09. The molecule has 0 bridgehead atoms. The third-order valence-corrected chi connectivity index (χ3v) is 7.81. The molecule has 138 valence electrons. The maximum atomic E-state index is 11.8. The van der Waals surface area contributed by atoms with Gasteiger partial charge in [0.15, 0.2) is 0 Å². The maximum absolute atomic E-state index is 11.8. The van der Waals surface area contributed by atoms with Gasteiger partial charge in [-0.3, -0.25) is 0 Å². The van der Waals surface area contributed by atoms with Crippen molar-refractivity contribution in [3.63, 3.8) is 0 Å². The predicted octanol–water partition coefficient (Wildman–Crippen LogP) is 1.73. The Hall–Kier alpha value is -1.14. The van der Waals surface area contributed by atoms with Crippen LogP contribution in [0, 0.1) is 22.7 Å². The monoisotopic (exact) mass is 348 g/mol. The van der Waals surface area contributed by atoms with E-state index < -0.39 is 40.7 Å². The maximum Gasteiger partial charge on any atom is 0.111 e. The molecular formula is C20H28O5. The van der Waals surface area contributed by atoms with Crippen molar-refractivity contribution in [2.45, 2.75) is 63.9 Å². The molecule has 0 amide bonds. The van der Waals surface area contributed by atoms with Crippen LogP contribution in [0.4, 0.5) is 0 Å².